The minimum absolute atomic E-state index is 0.0488. The van der Waals surface area contributed by atoms with E-state index in [1.165, 1.54) is 35.8 Å². The fraction of sp³-hybridized carbons (Fsp3) is 0.400. The number of nitro groups is 1. The number of hydrogen-bond acceptors (Lipinski definition) is 4. The van der Waals surface area contributed by atoms with E-state index < -0.39 is 16.8 Å². The fourth-order valence-electron chi connectivity index (χ4n) is 1.42. The first-order chi connectivity index (χ1) is 8.32. The monoisotopic (exact) mass is 255 g/mol. The largest absolute Gasteiger partial charge is 0.481 e. The van der Waals surface area contributed by atoms with Crippen LogP contribution in [0, 0.1) is 10.1 Å². The summed E-state index contributed by atoms with van der Waals surface area (Å²) in [5, 5.41) is 19.1. The second kappa shape index (κ2) is 5.30. The third-order valence-electron chi connectivity index (χ3n) is 2.43. The molecule has 0 aliphatic heterocycles. The van der Waals surface area contributed by atoms with Crippen LogP contribution in [0.2, 0.25) is 0 Å². The summed E-state index contributed by atoms with van der Waals surface area (Å²) in [5.41, 5.74) is -0.0259. The molecular formula is C10H13N3O5. The van der Waals surface area contributed by atoms with Crippen LogP contribution < -0.4 is 0 Å². The zero-order chi connectivity index (χ0) is 13.9. The average Bonchev–Trinajstić information content (AvgIpc) is 2.67. The van der Waals surface area contributed by atoms with E-state index in [0.29, 0.717) is 0 Å². The molecule has 0 aromatic carbocycles. The van der Waals surface area contributed by atoms with Crippen LogP contribution in [0.25, 0.3) is 0 Å². The van der Waals surface area contributed by atoms with Crippen LogP contribution in [-0.2, 0) is 11.8 Å². The second-order valence-electron chi connectivity index (χ2n) is 3.82. The Morgan fingerprint density at radius 2 is 2.17 bits per heavy atom. The summed E-state index contributed by atoms with van der Waals surface area (Å²) in [5.74, 6) is -1.46. The van der Waals surface area contributed by atoms with Gasteiger partial charge in [-0.2, -0.15) is 0 Å². The van der Waals surface area contributed by atoms with Crippen molar-refractivity contribution in [3.63, 3.8) is 0 Å². The molecule has 8 heteroatoms. The van der Waals surface area contributed by atoms with Crippen LogP contribution in [0.1, 0.15) is 16.9 Å². The highest BCUT2D eigenvalue weighted by Gasteiger charge is 2.20. The summed E-state index contributed by atoms with van der Waals surface area (Å²) in [6.07, 6.45) is 1.06. The van der Waals surface area contributed by atoms with Crippen molar-refractivity contribution in [2.45, 2.75) is 6.42 Å². The van der Waals surface area contributed by atoms with Crippen molar-refractivity contribution in [2.75, 3.05) is 13.6 Å². The summed E-state index contributed by atoms with van der Waals surface area (Å²) < 4.78 is 1.34. The van der Waals surface area contributed by atoms with E-state index in [1.807, 2.05) is 0 Å². The molecule has 0 unspecified atom stereocenters. The summed E-state index contributed by atoms with van der Waals surface area (Å²) >= 11 is 0. The van der Waals surface area contributed by atoms with E-state index in [2.05, 4.69) is 0 Å². The lowest BCUT2D eigenvalue weighted by Crippen LogP contribution is -2.30. The van der Waals surface area contributed by atoms with Gasteiger partial charge in [0.15, 0.2) is 0 Å². The molecule has 0 aliphatic carbocycles. The predicted octanol–water partition coefficient (Wildman–Crippen LogP) is 0.480. The van der Waals surface area contributed by atoms with Gasteiger partial charge in [0.25, 0.3) is 11.6 Å². The molecule has 0 saturated heterocycles. The van der Waals surface area contributed by atoms with Gasteiger partial charge in [0.05, 0.1) is 17.5 Å². The lowest BCUT2D eigenvalue weighted by atomic mass is 10.3. The Morgan fingerprint density at radius 3 is 2.61 bits per heavy atom. The quantitative estimate of drug-likeness (QED) is 0.608. The van der Waals surface area contributed by atoms with Crippen LogP contribution in [0.15, 0.2) is 12.3 Å². The molecule has 8 nitrogen and oxygen atoms in total. The Hall–Kier alpha value is -2.38. The Labute approximate surface area is 103 Å². The first kappa shape index (κ1) is 13.7. The normalized spacial score (nSPS) is 10.1. The zero-order valence-corrected chi connectivity index (χ0v) is 9.99. The summed E-state index contributed by atoms with van der Waals surface area (Å²) in [6, 6.07) is 1.17. The molecule has 0 spiro atoms. The molecule has 1 aromatic rings. The Balaban J connectivity index is 2.83. The SMILES string of the molecule is CN(CCC(=O)O)C(=O)c1cc([N+](=O)[O-])cn1C. The van der Waals surface area contributed by atoms with Gasteiger partial charge in [-0.05, 0) is 0 Å². The maximum atomic E-state index is 11.9. The first-order valence-electron chi connectivity index (χ1n) is 5.11. The molecule has 1 amide bonds. The fourth-order valence-corrected chi connectivity index (χ4v) is 1.42. The van der Waals surface area contributed by atoms with Crippen molar-refractivity contribution in [3.05, 3.63) is 28.1 Å². The van der Waals surface area contributed by atoms with Gasteiger partial charge in [-0.25, -0.2) is 0 Å². The smallest absolute Gasteiger partial charge is 0.305 e. The number of carboxylic acid groups (broad SMARTS) is 1. The minimum Gasteiger partial charge on any atom is -0.481 e. The number of hydrogen-bond donors (Lipinski definition) is 1. The molecule has 0 atom stereocenters. The van der Waals surface area contributed by atoms with Gasteiger partial charge in [0.1, 0.15) is 5.69 Å². The van der Waals surface area contributed by atoms with Gasteiger partial charge in [-0.15, -0.1) is 0 Å². The molecule has 0 saturated carbocycles. The highest BCUT2D eigenvalue weighted by molar-refractivity contribution is 5.93. The Kier molecular flexibility index (Phi) is 4.03. The summed E-state index contributed by atoms with van der Waals surface area (Å²) in [6.45, 7) is 0.0488. The van der Waals surface area contributed by atoms with Crippen molar-refractivity contribution >= 4 is 17.6 Å². The molecule has 98 valence electrons. The summed E-state index contributed by atoms with van der Waals surface area (Å²) in [4.78, 5) is 33.5. The topological polar surface area (TPSA) is 106 Å². The van der Waals surface area contributed by atoms with Crippen molar-refractivity contribution < 1.29 is 19.6 Å². The number of aliphatic carboxylic acids is 1. The van der Waals surface area contributed by atoms with Crippen molar-refractivity contribution in [3.8, 4) is 0 Å². The highest BCUT2D eigenvalue weighted by Crippen LogP contribution is 2.16. The van der Waals surface area contributed by atoms with Crippen LogP contribution in [0.3, 0.4) is 0 Å². The van der Waals surface area contributed by atoms with E-state index in [0.717, 1.165) is 0 Å². The molecule has 1 N–H and O–H groups in total. The number of carboxylic acids is 1. The van der Waals surface area contributed by atoms with Crippen LogP contribution in [0.4, 0.5) is 5.69 Å². The van der Waals surface area contributed by atoms with Gasteiger partial charge in [0, 0.05) is 26.7 Å². The van der Waals surface area contributed by atoms with Gasteiger partial charge in [-0.1, -0.05) is 0 Å². The molecular weight excluding hydrogens is 242 g/mol. The van der Waals surface area contributed by atoms with Gasteiger partial charge in [0.2, 0.25) is 0 Å². The molecule has 1 rings (SSSR count). The van der Waals surface area contributed by atoms with Crippen LogP contribution in [-0.4, -0.2) is 45.0 Å². The van der Waals surface area contributed by atoms with Gasteiger partial charge >= 0.3 is 5.97 Å². The number of rotatable bonds is 5. The number of carbonyl (C=O) groups is 2. The standard InChI is InChI=1S/C10H13N3O5/c1-11(4-3-9(14)15)10(16)8-5-7(13(17)18)6-12(8)2/h5-6H,3-4H2,1-2H3,(H,14,15). The summed E-state index contributed by atoms with van der Waals surface area (Å²) in [7, 11) is 2.97. The average molecular weight is 255 g/mol. The minimum atomic E-state index is -1.01. The van der Waals surface area contributed by atoms with E-state index in [1.54, 1.807) is 0 Å². The predicted molar refractivity (Wildman–Crippen MR) is 61.3 cm³/mol. The molecule has 1 heterocycles. The number of nitrogens with zero attached hydrogens (tertiary/aromatic N) is 3. The molecule has 0 radical (unpaired) electrons. The first-order valence-corrected chi connectivity index (χ1v) is 5.11. The molecule has 0 bridgehead atoms. The third-order valence-corrected chi connectivity index (χ3v) is 2.43. The van der Waals surface area contributed by atoms with Crippen molar-refractivity contribution in [2.24, 2.45) is 7.05 Å². The molecule has 0 aliphatic rings. The number of aromatic nitrogens is 1. The maximum Gasteiger partial charge on any atom is 0.305 e. The molecule has 0 fully saturated rings. The Bertz CT molecular complexity index is 494. The second-order valence-corrected chi connectivity index (χ2v) is 3.82. The maximum absolute atomic E-state index is 11.9. The van der Waals surface area contributed by atoms with Gasteiger partial charge < -0.3 is 14.6 Å². The van der Waals surface area contributed by atoms with Crippen LogP contribution >= 0.6 is 0 Å². The third kappa shape index (κ3) is 3.06. The Morgan fingerprint density at radius 1 is 1.56 bits per heavy atom. The lowest BCUT2D eigenvalue weighted by Gasteiger charge is -2.15. The van der Waals surface area contributed by atoms with E-state index in [4.69, 9.17) is 5.11 Å². The van der Waals surface area contributed by atoms with E-state index in [-0.39, 0.29) is 24.3 Å². The molecule has 1 aromatic heterocycles. The van der Waals surface area contributed by atoms with E-state index >= 15 is 0 Å². The van der Waals surface area contributed by atoms with Crippen molar-refractivity contribution in [1.82, 2.24) is 9.47 Å². The van der Waals surface area contributed by atoms with Gasteiger partial charge in [-0.3, -0.25) is 19.7 Å². The number of amides is 1. The number of carbonyl (C=O) groups excluding carboxylic acids is 1. The van der Waals surface area contributed by atoms with E-state index in [9.17, 15) is 19.7 Å². The van der Waals surface area contributed by atoms with Crippen LogP contribution in [0.5, 0.6) is 0 Å². The highest BCUT2D eigenvalue weighted by atomic mass is 16.6. The number of aryl methyl sites for hydroxylation is 1. The van der Waals surface area contributed by atoms with Crippen molar-refractivity contribution in [1.29, 1.82) is 0 Å². The zero-order valence-electron chi connectivity index (χ0n) is 9.99. The molecule has 18 heavy (non-hydrogen) atoms. The lowest BCUT2D eigenvalue weighted by molar-refractivity contribution is -0.384.